The van der Waals surface area contributed by atoms with E-state index in [1.807, 2.05) is 0 Å². The van der Waals surface area contributed by atoms with Crippen LogP contribution in [0.1, 0.15) is 77.6 Å². The Morgan fingerprint density at radius 3 is 1.55 bits per heavy atom. The molecular formula is C61H53N. The van der Waals surface area contributed by atoms with E-state index in [1.54, 1.807) is 0 Å². The number of aromatic nitrogens is 1. The Balaban J connectivity index is 1.22. The molecule has 1 aliphatic rings. The number of hydrogen-bond acceptors (Lipinski definition) is 0. The Morgan fingerprint density at radius 2 is 0.903 bits per heavy atom. The molecule has 0 amide bonds. The standard InChI is InChI=1S/C61H53N/c1-59(2,3)56-47-25-17-18-26-48(47)57(60(4,5)6)50-37-54-51(36-49(50)56)55(39-20-11-9-12-21-39)58(40-22-13-10-14-23-40)62(54)44-30-32-46-45-31-29-43(34-52(45)61(7,8)53(46)35-44)42-28-27-38-19-15-16-24-41(38)33-42/h9-37H,1-8H3. The summed E-state index contributed by atoms with van der Waals surface area (Å²) in [7, 11) is 0. The molecule has 302 valence electrons. The molecule has 0 N–H and O–H groups in total. The van der Waals surface area contributed by atoms with Crippen molar-refractivity contribution >= 4 is 43.2 Å². The first-order valence-corrected chi connectivity index (χ1v) is 22.3. The zero-order valence-electron chi connectivity index (χ0n) is 37.2. The maximum atomic E-state index is 2.59. The van der Waals surface area contributed by atoms with Crippen molar-refractivity contribution in [1.82, 2.24) is 4.57 Å². The van der Waals surface area contributed by atoms with Gasteiger partial charge in [-0.25, -0.2) is 0 Å². The molecule has 62 heavy (non-hydrogen) atoms. The topological polar surface area (TPSA) is 4.93 Å². The van der Waals surface area contributed by atoms with Gasteiger partial charge < -0.3 is 4.57 Å². The molecule has 1 nitrogen and oxygen atoms in total. The average Bonchev–Trinajstić information content (AvgIpc) is 3.71. The van der Waals surface area contributed by atoms with Gasteiger partial charge in [-0.05, 0) is 135 Å². The van der Waals surface area contributed by atoms with Crippen LogP contribution < -0.4 is 0 Å². The van der Waals surface area contributed by atoms with Crippen LogP contribution in [0.15, 0.2) is 176 Å². The van der Waals surface area contributed by atoms with Crippen molar-refractivity contribution in [3.8, 4) is 50.3 Å². The molecule has 0 bridgehead atoms. The summed E-state index contributed by atoms with van der Waals surface area (Å²) in [4.78, 5) is 0. The molecule has 9 aromatic carbocycles. The van der Waals surface area contributed by atoms with Crippen molar-refractivity contribution in [1.29, 1.82) is 0 Å². The molecule has 0 aliphatic heterocycles. The van der Waals surface area contributed by atoms with Crippen LogP contribution in [-0.4, -0.2) is 4.57 Å². The lowest BCUT2D eigenvalue weighted by atomic mass is 9.74. The van der Waals surface area contributed by atoms with Crippen LogP contribution in [0.25, 0.3) is 93.5 Å². The first kappa shape index (κ1) is 38.2. The highest BCUT2D eigenvalue weighted by atomic mass is 15.0. The Kier molecular flexibility index (Phi) is 8.42. The molecule has 1 heterocycles. The molecule has 0 unspecified atom stereocenters. The summed E-state index contributed by atoms with van der Waals surface area (Å²) in [5, 5.41) is 9.19. The Hall–Kier alpha value is -6.70. The summed E-state index contributed by atoms with van der Waals surface area (Å²) in [6.07, 6.45) is 0. The van der Waals surface area contributed by atoms with Crippen LogP contribution in [0.3, 0.4) is 0 Å². The SMILES string of the molecule is CC(C)(C)c1c2ccccc2c(C(C)(C)C)c2cc3c(cc12)c(-c1ccccc1)c(-c1ccccc1)n3-c1ccc2c(c1)C(C)(C)c1cc(-c3ccc4ccccc4c3)ccc1-2. The van der Waals surface area contributed by atoms with Crippen molar-refractivity contribution in [2.24, 2.45) is 0 Å². The van der Waals surface area contributed by atoms with Crippen molar-refractivity contribution < 1.29 is 0 Å². The minimum Gasteiger partial charge on any atom is -0.309 e. The molecule has 0 atom stereocenters. The summed E-state index contributed by atoms with van der Waals surface area (Å²) in [5.41, 5.74) is 17.6. The van der Waals surface area contributed by atoms with Gasteiger partial charge in [-0.15, -0.1) is 0 Å². The van der Waals surface area contributed by atoms with Gasteiger partial charge in [0.15, 0.2) is 0 Å². The normalized spacial score (nSPS) is 13.6. The van der Waals surface area contributed by atoms with Gasteiger partial charge in [0.05, 0.1) is 11.2 Å². The summed E-state index contributed by atoms with van der Waals surface area (Å²) >= 11 is 0. The number of nitrogens with zero attached hydrogens (tertiary/aromatic N) is 1. The number of rotatable bonds is 4. The molecule has 0 saturated heterocycles. The molecule has 0 fully saturated rings. The van der Waals surface area contributed by atoms with Gasteiger partial charge in [-0.2, -0.15) is 0 Å². The van der Waals surface area contributed by atoms with Crippen LogP contribution in [0.4, 0.5) is 0 Å². The van der Waals surface area contributed by atoms with Crippen LogP contribution in [0, 0.1) is 0 Å². The second kappa shape index (κ2) is 13.7. The number of benzene rings is 9. The largest absolute Gasteiger partial charge is 0.309 e. The van der Waals surface area contributed by atoms with E-state index in [0.29, 0.717) is 0 Å². The lowest BCUT2D eigenvalue weighted by Gasteiger charge is -2.30. The molecule has 0 saturated carbocycles. The number of hydrogen-bond donors (Lipinski definition) is 0. The van der Waals surface area contributed by atoms with Crippen molar-refractivity contribution in [2.75, 3.05) is 0 Å². The van der Waals surface area contributed by atoms with Gasteiger partial charge in [0, 0.05) is 22.1 Å². The Bertz CT molecular complexity index is 3420. The maximum absolute atomic E-state index is 2.59. The van der Waals surface area contributed by atoms with Gasteiger partial charge >= 0.3 is 0 Å². The third-order valence-corrected chi connectivity index (χ3v) is 13.7. The van der Waals surface area contributed by atoms with Crippen LogP contribution in [0.5, 0.6) is 0 Å². The maximum Gasteiger partial charge on any atom is 0.0619 e. The monoisotopic (exact) mass is 799 g/mol. The Labute approximate surface area is 366 Å². The van der Waals surface area contributed by atoms with E-state index >= 15 is 0 Å². The third-order valence-electron chi connectivity index (χ3n) is 13.7. The molecule has 1 heteroatoms. The van der Waals surface area contributed by atoms with Crippen LogP contribution in [-0.2, 0) is 16.2 Å². The van der Waals surface area contributed by atoms with Crippen LogP contribution >= 0.6 is 0 Å². The van der Waals surface area contributed by atoms with E-state index in [9.17, 15) is 0 Å². The predicted octanol–water partition coefficient (Wildman–Crippen LogP) is 17.0. The van der Waals surface area contributed by atoms with E-state index in [4.69, 9.17) is 0 Å². The number of fused-ring (bicyclic) bond motifs is 7. The van der Waals surface area contributed by atoms with Gasteiger partial charge in [0.2, 0.25) is 0 Å². The highest BCUT2D eigenvalue weighted by Gasteiger charge is 2.37. The van der Waals surface area contributed by atoms with Crippen molar-refractivity contribution in [3.05, 3.63) is 198 Å². The molecule has 0 radical (unpaired) electrons. The van der Waals surface area contributed by atoms with Gasteiger partial charge in [-0.1, -0.05) is 195 Å². The summed E-state index contributed by atoms with van der Waals surface area (Å²) < 4.78 is 2.59. The van der Waals surface area contributed by atoms with E-state index < -0.39 is 0 Å². The zero-order valence-corrected chi connectivity index (χ0v) is 37.2. The lowest BCUT2D eigenvalue weighted by Crippen LogP contribution is -2.17. The zero-order chi connectivity index (χ0) is 42.7. The second-order valence-corrected chi connectivity index (χ2v) is 20.2. The predicted molar refractivity (Wildman–Crippen MR) is 267 cm³/mol. The highest BCUT2D eigenvalue weighted by Crippen LogP contribution is 2.53. The molecule has 1 aromatic heterocycles. The second-order valence-electron chi connectivity index (χ2n) is 20.2. The van der Waals surface area contributed by atoms with Crippen LogP contribution in [0.2, 0.25) is 0 Å². The molecule has 1 aliphatic carbocycles. The van der Waals surface area contributed by atoms with Crippen molar-refractivity contribution in [3.63, 3.8) is 0 Å². The lowest BCUT2D eigenvalue weighted by molar-refractivity contribution is 0.593. The Morgan fingerprint density at radius 1 is 0.387 bits per heavy atom. The fourth-order valence-electron chi connectivity index (χ4n) is 11.0. The first-order valence-electron chi connectivity index (χ1n) is 22.3. The highest BCUT2D eigenvalue weighted by molar-refractivity contribution is 6.16. The van der Waals surface area contributed by atoms with Crippen molar-refractivity contribution in [2.45, 2.75) is 71.6 Å². The average molecular weight is 800 g/mol. The molecule has 11 rings (SSSR count). The summed E-state index contributed by atoms with van der Waals surface area (Å²) in [6, 6.07) is 66.3. The summed E-state index contributed by atoms with van der Waals surface area (Å²) in [5.74, 6) is 0. The minimum atomic E-state index is -0.210. The third kappa shape index (κ3) is 5.82. The van der Waals surface area contributed by atoms with E-state index in [0.717, 1.165) is 0 Å². The molecular weight excluding hydrogens is 747 g/mol. The molecule has 0 spiro atoms. The minimum absolute atomic E-state index is 0.0889. The van der Waals surface area contributed by atoms with E-state index in [2.05, 4.69) is 236 Å². The summed E-state index contributed by atoms with van der Waals surface area (Å²) in [6.45, 7) is 19.1. The van der Waals surface area contributed by atoms with E-state index in [1.165, 1.54) is 116 Å². The van der Waals surface area contributed by atoms with Gasteiger partial charge in [0.25, 0.3) is 0 Å². The van der Waals surface area contributed by atoms with Gasteiger partial charge in [-0.3, -0.25) is 0 Å². The smallest absolute Gasteiger partial charge is 0.0619 e. The fraction of sp³-hybridized carbons (Fsp3) is 0.180. The quantitative estimate of drug-likeness (QED) is 0.156. The van der Waals surface area contributed by atoms with E-state index in [-0.39, 0.29) is 16.2 Å². The molecule has 10 aromatic rings. The van der Waals surface area contributed by atoms with Gasteiger partial charge in [0.1, 0.15) is 0 Å². The fourth-order valence-corrected chi connectivity index (χ4v) is 11.0. The first-order chi connectivity index (χ1) is 29.8.